The summed E-state index contributed by atoms with van der Waals surface area (Å²) < 4.78 is 24.4. The summed E-state index contributed by atoms with van der Waals surface area (Å²) >= 11 is 5.76. The molecule has 2 heterocycles. The second-order valence-electron chi connectivity index (χ2n) is 3.73. The van der Waals surface area contributed by atoms with Gasteiger partial charge in [-0.25, -0.2) is 13.1 Å². The number of rotatable bonds is 1. The average molecular weight is 250 g/mol. The summed E-state index contributed by atoms with van der Waals surface area (Å²) in [6.07, 6.45) is 2.88. The lowest BCUT2D eigenvalue weighted by molar-refractivity contribution is 0.440. The minimum Gasteiger partial charge on any atom is -0.383 e. The van der Waals surface area contributed by atoms with Gasteiger partial charge in [0.1, 0.15) is 10.8 Å². The molecule has 1 unspecified atom stereocenters. The van der Waals surface area contributed by atoms with Crippen LogP contribution in [-0.4, -0.2) is 29.7 Å². The van der Waals surface area contributed by atoms with E-state index in [2.05, 4.69) is 5.10 Å². The highest BCUT2D eigenvalue weighted by Gasteiger charge is 2.27. The number of hydrogen-bond donors (Lipinski definition) is 1. The maximum atomic E-state index is 11.4. The van der Waals surface area contributed by atoms with E-state index >= 15 is 0 Å². The molecule has 5 nitrogen and oxygen atoms in total. The largest absolute Gasteiger partial charge is 0.383 e. The summed E-state index contributed by atoms with van der Waals surface area (Å²) in [6, 6.07) is -0.170. The molecule has 2 N–H and O–H groups in total. The second kappa shape index (κ2) is 3.68. The first kappa shape index (κ1) is 10.8. The lowest BCUT2D eigenvalue weighted by atomic mass is 10.2. The van der Waals surface area contributed by atoms with E-state index in [4.69, 9.17) is 17.3 Å². The molecule has 1 aliphatic rings. The van der Waals surface area contributed by atoms with Crippen molar-refractivity contribution in [2.24, 2.45) is 0 Å². The Morgan fingerprint density at radius 1 is 1.60 bits per heavy atom. The van der Waals surface area contributed by atoms with Gasteiger partial charge in [-0.1, -0.05) is 11.6 Å². The number of aromatic nitrogens is 2. The van der Waals surface area contributed by atoms with Gasteiger partial charge in [0.05, 0.1) is 23.7 Å². The molecule has 0 radical (unpaired) electrons. The molecule has 1 aromatic heterocycles. The van der Waals surface area contributed by atoms with Crippen molar-refractivity contribution in [3.63, 3.8) is 0 Å². The third-order valence-corrected chi connectivity index (χ3v) is 4.67. The highest BCUT2D eigenvalue weighted by Crippen LogP contribution is 2.27. The van der Waals surface area contributed by atoms with Gasteiger partial charge in [-0.15, -0.1) is 0 Å². The van der Waals surface area contributed by atoms with Crippen LogP contribution < -0.4 is 5.73 Å². The van der Waals surface area contributed by atoms with Crippen LogP contribution in [0.25, 0.3) is 0 Å². The molecule has 1 fully saturated rings. The molecule has 0 aliphatic carbocycles. The minimum absolute atomic E-state index is 0.106. The fraction of sp³-hybridized carbons (Fsp3) is 0.625. The molecule has 0 saturated carbocycles. The van der Waals surface area contributed by atoms with Crippen LogP contribution in [0.5, 0.6) is 0 Å². The first-order valence-electron chi connectivity index (χ1n) is 4.68. The van der Waals surface area contributed by atoms with Gasteiger partial charge in [-0.05, 0) is 12.8 Å². The van der Waals surface area contributed by atoms with Gasteiger partial charge < -0.3 is 5.73 Å². The first-order valence-corrected chi connectivity index (χ1v) is 6.88. The van der Waals surface area contributed by atoms with E-state index in [0.29, 0.717) is 17.3 Å². The van der Waals surface area contributed by atoms with E-state index in [1.807, 2.05) is 0 Å². The average Bonchev–Trinajstić information content (AvgIpc) is 2.46. The molecule has 0 spiro atoms. The van der Waals surface area contributed by atoms with Crippen LogP contribution in [0.1, 0.15) is 18.9 Å². The number of anilines is 1. The molecule has 7 heteroatoms. The number of sulfone groups is 1. The normalized spacial score (nSPS) is 25.3. The van der Waals surface area contributed by atoms with E-state index in [1.165, 1.54) is 10.9 Å². The van der Waals surface area contributed by atoms with Crippen molar-refractivity contribution in [1.82, 2.24) is 9.78 Å². The standard InChI is InChI=1S/C8H12ClN3O2S/c9-7-4-11-12(8(7)10)6-2-1-3-15(13,14)5-6/h4,6H,1-3,5,10H2. The maximum Gasteiger partial charge on any atom is 0.152 e. The van der Waals surface area contributed by atoms with E-state index < -0.39 is 9.84 Å². The molecule has 0 amide bonds. The Morgan fingerprint density at radius 3 is 2.87 bits per heavy atom. The Labute approximate surface area is 93.1 Å². The van der Waals surface area contributed by atoms with Crippen LogP contribution in [0, 0.1) is 0 Å². The fourth-order valence-corrected chi connectivity index (χ4v) is 3.63. The molecule has 0 bridgehead atoms. The number of nitrogen functional groups attached to an aromatic ring is 1. The monoisotopic (exact) mass is 249 g/mol. The molecular weight excluding hydrogens is 238 g/mol. The number of hydrogen-bond acceptors (Lipinski definition) is 4. The van der Waals surface area contributed by atoms with Crippen molar-refractivity contribution < 1.29 is 8.42 Å². The van der Waals surface area contributed by atoms with Crippen molar-refractivity contribution in [3.05, 3.63) is 11.2 Å². The zero-order chi connectivity index (χ0) is 11.1. The zero-order valence-corrected chi connectivity index (χ0v) is 9.63. The van der Waals surface area contributed by atoms with Crippen molar-refractivity contribution in [1.29, 1.82) is 0 Å². The Morgan fingerprint density at radius 2 is 2.33 bits per heavy atom. The third-order valence-electron chi connectivity index (χ3n) is 2.57. The highest BCUT2D eigenvalue weighted by molar-refractivity contribution is 7.91. The summed E-state index contributed by atoms with van der Waals surface area (Å²) in [7, 11) is -2.95. The van der Waals surface area contributed by atoms with Crippen LogP contribution in [0.3, 0.4) is 0 Å². The van der Waals surface area contributed by atoms with Gasteiger partial charge in [0.25, 0.3) is 0 Å². The Balaban J connectivity index is 2.28. The fourth-order valence-electron chi connectivity index (χ4n) is 1.83. The Kier molecular flexibility index (Phi) is 2.64. The lowest BCUT2D eigenvalue weighted by Gasteiger charge is -2.23. The van der Waals surface area contributed by atoms with Crippen LogP contribution in [0.2, 0.25) is 5.02 Å². The van der Waals surface area contributed by atoms with Crippen LogP contribution >= 0.6 is 11.6 Å². The van der Waals surface area contributed by atoms with Gasteiger partial charge >= 0.3 is 0 Å². The van der Waals surface area contributed by atoms with Crippen LogP contribution in [0.15, 0.2) is 6.20 Å². The molecule has 1 aliphatic heterocycles. The summed E-state index contributed by atoms with van der Waals surface area (Å²) in [6.45, 7) is 0. The van der Waals surface area contributed by atoms with Crippen molar-refractivity contribution in [2.45, 2.75) is 18.9 Å². The Bertz CT molecular complexity index is 468. The summed E-state index contributed by atoms with van der Waals surface area (Å²) in [5, 5.41) is 4.37. The van der Waals surface area contributed by atoms with Crippen LogP contribution in [-0.2, 0) is 9.84 Å². The van der Waals surface area contributed by atoms with E-state index in [-0.39, 0.29) is 17.5 Å². The van der Waals surface area contributed by atoms with Gasteiger partial charge in [0, 0.05) is 0 Å². The minimum atomic E-state index is -2.95. The summed E-state index contributed by atoms with van der Waals surface area (Å²) in [4.78, 5) is 0. The van der Waals surface area contributed by atoms with E-state index in [9.17, 15) is 8.42 Å². The number of halogens is 1. The molecule has 0 aromatic carbocycles. The smallest absolute Gasteiger partial charge is 0.152 e. The van der Waals surface area contributed by atoms with Gasteiger partial charge in [-0.3, -0.25) is 0 Å². The molecule has 15 heavy (non-hydrogen) atoms. The van der Waals surface area contributed by atoms with E-state index in [0.717, 1.165) is 6.42 Å². The molecule has 1 aromatic rings. The topological polar surface area (TPSA) is 78.0 Å². The predicted octanol–water partition coefficient (Wildman–Crippen LogP) is 0.868. The molecule has 1 atom stereocenters. The highest BCUT2D eigenvalue weighted by atomic mass is 35.5. The first-order chi connectivity index (χ1) is 6.99. The quantitative estimate of drug-likeness (QED) is 0.801. The van der Waals surface area contributed by atoms with Crippen molar-refractivity contribution >= 4 is 27.3 Å². The molecule has 84 valence electrons. The van der Waals surface area contributed by atoms with Gasteiger partial charge in [0.15, 0.2) is 9.84 Å². The summed E-state index contributed by atoms with van der Waals surface area (Å²) in [5.41, 5.74) is 5.70. The third kappa shape index (κ3) is 2.10. The summed E-state index contributed by atoms with van der Waals surface area (Å²) in [5.74, 6) is 0.715. The Hall–Kier alpha value is -0.750. The predicted molar refractivity (Wildman–Crippen MR) is 58.6 cm³/mol. The van der Waals surface area contributed by atoms with Crippen molar-refractivity contribution in [3.8, 4) is 0 Å². The maximum absolute atomic E-state index is 11.4. The van der Waals surface area contributed by atoms with Crippen LogP contribution in [0.4, 0.5) is 5.82 Å². The van der Waals surface area contributed by atoms with Crippen molar-refractivity contribution in [2.75, 3.05) is 17.2 Å². The second-order valence-corrected chi connectivity index (χ2v) is 6.37. The van der Waals surface area contributed by atoms with E-state index in [1.54, 1.807) is 0 Å². The molecule has 1 saturated heterocycles. The lowest BCUT2D eigenvalue weighted by Crippen LogP contribution is -2.28. The zero-order valence-electron chi connectivity index (χ0n) is 8.06. The SMILES string of the molecule is Nc1c(Cl)cnn1C1CCCS(=O)(=O)C1. The molecular formula is C8H12ClN3O2S. The number of nitrogens with two attached hydrogens (primary N) is 1. The molecule has 2 rings (SSSR count). The van der Waals surface area contributed by atoms with Gasteiger partial charge in [0.2, 0.25) is 0 Å². The number of nitrogens with zero attached hydrogens (tertiary/aromatic N) is 2. The van der Waals surface area contributed by atoms with Gasteiger partial charge in [-0.2, -0.15) is 5.10 Å².